The van der Waals surface area contributed by atoms with Gasteiger partial charge in [0.2, 0.25) is 0 Å². The maximum atomic E-state index is 12.5. The van der Waals surface area contributed by atoms with Crippen LogP contribution in [0.3, 0.4) is 0 Å². The van der Waals surface area contributed by atoms with E-state index in [4.69, 9.17) is 4.74 Å². The Morgan fingerprint density at radius 1 is 0.615 bits per heavy atom. The van der Waals surface area contributed by atoms with Gasteiger partial charge in [0.05, 0.1) is 9.85 Å². The summed E-state index contributed by atoms with van der Waals surface area (Å²) in [6, 6.07) is 21.6. The molecule has 0 radical (unpaired) electrons. The van der Waals surface area contributed by atoms with Crippen molar-refractivity contribution in [1.29, 1.82) is 0 Å². The Morgan fingerprint density at radius 2 is 0.974 bits per heavy atom. The fraction of sp³-hybridized carbons (Fsp3) is 0.0714. The third-order valence-electron chi connectivity index (χ3n) is 5.77. The number of anilines is 2. The molecule has 4 rings (SSSR count). The first-order valence-electron chi connectivity index (χ1n) is 11.6. The molecule has 0 saturated heterocycles. The smallest absolute Gasteiger partial charge is 0.272 e. The average Bonchev–Trinajstić information content (AvgIpc) is 2.90. The Bertz CT molecular complexity index is 1460. The number of nitro groups is 2. The highest BCUT2D eigenvalue weighted by molar-refractivity contribution is 6.05. The number of benzene rings is 4. The van der Waals surface area contributed by atoms with E-state index >= 15 is 0 Å². The van der Waals surface area contributed by atoms with Crippen molar-refractivity contribution in [3.63, 3.8) is 0 Å². The molecule has 11 heteroatoms. The summed E-state index contributed by atoms with van der Waals surface area (Å²) in [5, 5.41) is 27.4. The fourth-order valence-electron chi connectivity index (χ4n) is 3.76. The molecule has 0 spiro atoms. The van der Waals surface area contributed by atoms with E-state index in [1.54, 1.807) is 62.4 Å². The summed E-state index contributed by atoms with van der Waals surface area (Å²) in [6.45, 7) is 3.14. The number of ether oxygens (including phenoxy) is 1. The van der Waals surface area contributed by atoms with Crippen LogP contribution in [-0.2, 0) is 0 Å². The summed E-state index contributed by atoms with van der Waals surface area (Å²) in [5.41, 5.74) is 2.31. The highest BCUT2D eigenvalue weighted by atomic mass is 16.6. The molecular formula is C28H22N4O7. The molecule has 2 N–H and O–H groups in total. The van der Waals surface area contributed by atoms with E-state index in [2.05, 4.69) is 10.6 Å². The fourth-order valence-corrected chi connectivity index (χ4v) is 3.76. The maximum Gasteiger partial charge on any atom is 0.272 e. The second-order valence-electron chi connectivity index (χ2n) is 8.58. The molecule has 0 saturated carbocycles. The van der Waals surface area contributed by atoms with Gasteiger partial charge in [0.15, 0.2) is 0 Å². The Hall–Kier alpha value is -5.58. The molecule has 39 heavy (non-hydrogen) atoms. The van der Waals surface area contributed by atoms with Gasteiger partial charge in [-0.15, -0.1) is 0 Å². The number of hydrogen-bond donors (Lipinski definition) is 2. The molecular weight excluding hydrogens is 504 g/mol. The first kappa shape index (κ1) is 26.5. The predicted molar refractivity (Wildman–Crippen MR) is 145 cm³/mol. The first-order valence-corrected chi connectivity index (χ1v) is 11.6. The summed E-state index contributed by atoms with van der Waals surface area (Å²) < 4.78 is 5.82. The third-order valence-corrected chi connectivity index (χ3v) is 5.77. The summed E-state index contributed by atoms with van der Waals surface area (Å²) >= 11 is 0. The average molecular weight is 527 g/mol. The van der Waals surface area contributed by atoms with Gasteiger partial charge in [-0.3, -0.25) is 29.8 Å². The molecule has 0 unspecified atom stereocenters. The lowest BCUT2D eigenvalue weighted by Crippen LogP contribution is -2.12. The zero-order chi connectivity index (χ0) is 28.1. The number of nitrogens with zero attached hydrogens (tertiary/aromatic N) is 2. The normalized spacial score (nSPS) is 10.4. The van der Waals surface area contributed by atoms with Gasteiger partial charge in [0, 0.05) is 45.8 Å². The van der Waals surface area contributed by atoms with E-state index < -0.39 is 21.7 Å². The minimum Gasteiger partial charge on any atom is -0.457 e. The van der Waals surface area contributed by atoms with E-state index in [9.17, 15) is 29.8 Å². The van der Waals surface area contributed by atoms with Gasteiger partial charge >= 0.3 is 0 Å². The molecule has 2 amide bonds. The number of rotatable bonds is 8. The van der Waals surface area contributed by atoms with Crippen molar-refractivity contribution in [3.8, 4) is 11.5 Å². The van der Waals surface area contributed by atoms with Gasteiger partial charge < -0.3 is 15.4 Å². The highest BCUT2D eigenvalue weighted by Crippen LogP contribution is 2.26. The van der Waals surface area contributed by atoms with Crippen molar-refractivity contribution in [3.05, 3.63) is 127 Å². The van der Waals surface area contributed by atoms with Gasteiger partial charge in [0.25, 0.3) is 23.2 Å². The van der Waals surface area contributed by atoms with Crippen LogP contribution in [0.5, 0.6) is 11.5 Å². The van der Waals surface area contributed by atoms with Gasteiger partial charge in [-0.1, -0.05) is 0 Å². The Balaban J connectivity index is 1.34. The molecule has 0 bridgehead atoms. The molecule has 0 fully saturated rings. The second-order valence-corrected chi connectivity index (χ2v) is 8.58. The topological polar surface area (TPSA) is 154 Å². The Labute approximate surface area is 222 Å². The van der Waals surface area contributed by atoms with Crippen LogP contribution >= 0.6 is 0 Å². The number of nitrogens with one attached hydrogen (secondary N) is 2. The molecule has 11 nitrogen and oxygen atoms in total. The zero-order valence-electron chi connectivity index (χ0n) is 20.8. The van der Waals surface area contributed by atoms with Crippen molar-refractivity contribution in [2.75, 3.05) is 10.6 Å². The van der Waals surface area contributed by atoms with Crippen LogP contribution in [0.15, 0.2) is 84.9 Å². The lowest BCUT2D eigenvalue weighted by atomic mass is 10.1. The minimum atomic E-state index is -0.498. The molecule has 4 aromatic carbocycles. The SMILES string of the molecule is Cc1cc(C(=O)Nc2ccc(Oc3ccc(NC(=O)c4ccc([N+](=O)[O-])c(C)c4)cc3)cc2)ccc1[N+](=O)[O-]. The molecule has 0 atom stereocenters. The van der Waals surface area contributed by atoms with Gasteiger partial charge in [-0.05, 0) is 86.6 Å². The number of hydrogen-bond acceptors (Lipinski definition) is 7. The van der Waals surface area contributed by atoms with Crippen LogP contribution in [0.25, 0.3) is 0 Å². The summed E-state index contributed by atoms with van der Waals surface area (Å²) in [7, 11) is 0. The largest absolute Gasteiger partial charge is 0.457 e. The van der Waals surface area contributed by atoms with E-state index in [0.29, 0.717) is 45.1 Å². The van der Waals surface area contributed by atoms with Crippen LogP contribution in [0.2, 0.25) is 0 Å². The van der Waals surface area contributed by atoms with Crippen molar-refractivity contribution in [2.24, 2.45) is 0 Å². The molecule has 0 aliphatic carbocycles. The number of carbonyl (C=O) groups excluding carboxylic acids is 2. The van der Waals surface area contributed by atoms with E-state index in [1.165, 1.54) is 36.4 Å². The predicted octanol–water partition coefficient (Wildman–Crippen LogP) is 6.42. The van der Waals surface area contributed by atoms with Crippen LogP contribution in [0.4, 0.5) is 22.7 Å². The van der Waals surface area contributed by atoms with Crippen LogP contribution < -0.4 is 15.4 Å². The van der Waals surface area contributed by atoms with Gasteiger partial charge in [-0.2, -0.15) is 0 Å². The third kappa shape index (κ3) is 6.41. The Kier molecular flexibility index (Phi) is 7.62. The van der Waals surface area contributed by atoms with Crippen molar-refractivity contribution in [1.82, 2.24) is 0 Å². The Morgan fingerprint density at radius 3 is 1.28 bits per heavy atom. The summed E-state index contributed by atoms with van der Waals surface area (Å²) in [4.78, 5) is 46.0. The summed E-state index contributed by atoms with van der Waals surface area (Å²) in [6.07, 6.45) is 0. The first-order chi connectivity index (χ1) is 18.6. The lowest BCUT2D eigenvalue weighted by molar-refractivity contribution is -0.385. The molecule has 0 heterocycles. The maximum absolute atomic E-state index is 12.5. The van der Waals surface area contributed by atoms with Gasteiger partial charge in [0.1, 0.15) is 11.5 Å². The van der Waals surface area contributed by atoms with E-state index in [0.717, 1.165) is 0 Å². The molecule has 4 aromatic rings. The molecule has 0 aliphatic rings. The van der Waals surface area contributed by atoms with Crippen LogP contribution in [0, 0.1) is 34.1 Å². The van der Waals surface area contributed by atoms with Crippen molar-refractivity contribution in [2.45, 2.75) is 13.8 Å². The molecule has 0 aliphatic heterocycles. The van der Waals surface area contributed by atoms with Crippen molar-refractivity contribution < 1.29 is 24.2 Å². The summed E-state index contributed by atoms with van der Waals surface area (Å²) in [5.74, 6) is 0.223. The van der Waals surface area contributed by atoms with Crippen LogP contribution in [-0.4, -0.2) is 21.7 Å². The van der Waals surface area contributed by atoms with E-state index in [1.807, 2.05) is 0 Å². The quantitative estimate of drug-likeness (QED) is 0.198. The number of amides is 2. The van der Waals surface area contributed by atoms with Gasteiger partial charge in [-0.25, -0.2) is 0 Å². The standard InChI is InChI=1S/C28H22N4O7/c1-17-15-19(3-13-25(17)31(35)36)27(33)29-21-5-9-23(10-6-21)39-24-11-7-22(8-12-24)30-28(34)20-4-14-26(32(37)38)18(2)16-20/h3-16H,1-2H3,(H,29,33)(H,30,34). The number of carbonyl (C=O) groups is 2. The lowest BCUT2D eigenvalue weighted by Gasteiger charge is -2.10. The minimum absolute atomic E-state index is 0.0527. The van der Waals surface area contributed by atoms with Crippen LogP contribution in [0.1, 0.15) is 31.8 Å². The zero-order valence-corrected chi connectivity index (χ0v) is 20.8. The van der Waals surface area contributed by atoms with E-state index in [-0.39, 0.29) is 11.4 Å². The molecule has 196 valence electrons. The highest BCUT2D eigenvalue weighted by Gasteiger charge is 2.15. The number of aryl methyl sites for hydroxylation is 2. The second kappa shape index (κ2) is 11.2. The number of nitro benzene ring substituents is 2. The monoisotopic (exact) mass is 526 g/mol. The molecule has 0 aromatic heterocycles. The van der Waals surface area contributed by atoms with Crippen molar-refractivity contribution >= 4 is 34.6 Å².